The Morgan fingerprint density at radius 1 is 1.18 bits per heavy atom. The van der Waals surface area contributed by atoms with E-state index in [1.54, 1.807) is 26.2 Å². The van der Waals surface area contributed by atoms with Crippen LogP contribution in [0.5, 0.6) is 5.75 Å². The van der Waals surface area contributed by atoms with Crippen molar-refractivity contribution in [1.82, 2.24) is 4.90 Å². The largest absolute Gasteiger partial charge is 0.494 e. The summed E-state index contributed by atoms with van der Waals surface area (Å²) in [5.74, 6) is 0.336. The average molecular weight is 554 g/mol. The molecule has 7 heteroatoms. The fraction of sp³-hybridized carbons (Fsp3) is 0.469. The lowest BCUT2D eigenvalue weighted by molar-refractivity contribution is -0.147. The highest BCUT2D eigenvalue weighted by atomic mass is 32.2. The van der Waals surface area contributed by atoms with Gasteiger partial charge < -0.3 is 19.1 Å². The van der Waals surface area contributed by atoms with Crippen LogP contribution in [-0.4, -0.2) is 66.4 Å². The van der Waals surface area contributed by atoms with Crippen molar-refractivity contribution in [3.63, 3.8) is 0 Å². The van der Waals surface area contributed by atoms with Crippen LogP contribution in [0.2, 0.25) is 0 Å². The summed E-state index contributed by atoms with van der Waals surface area (Å²) in [6.07, 6.45) is 15.1. The summed E-state index contributed by atoms with van der Waals surface area (Å²) in [7, 11) is 0.142. The zero-order valence-electron chi connectivity index (χ0n) is 23.5. The molecule has 1 saturated heterocycles. The smallest absolute Gasteiger partial charge is 0.325 e. The van der Waals surface area contributed by atoms with E-state index in [4.69, 9.17) is 14.2 Å². The number of rotatable bonds is 15. The van der Waals surface area contributed by atoms with Gasteiger partial charge in [-0.05, 0) is 86.4 Å². The van der Waals surface area contributed by atoms with Crippen molar-refractivity contribution in [1.29, 1.82) is 0 Å². The summed E-state index contributed by atoms with van der Waals surface area (Å²) in [6, 6.07) is 7.26. The SMILES string of the molecule is C=C/C(=C\C(=C)C1=CC=CCC1)CCCOc1ccc(S(=O)C2(C(=O)OCC)CCN(CCOC)CC2)cc1. The number of allylic oxidation sites excluding steroid dienone is 8. The summed E-state index contributed by atoms with van der Waals surface area (Å²) in [6.45, 7) is 13.6. The first-order valence-corrected chi connectivity index (χ1v) is 15.0. The van der Waals surface area contributed by atoms with Crippen molar-refractivity contribution in [2.24, 2.45) is 0 Å². The number of piperidine rings is 1. The van der Waals surface area contributed by atoms with Crippen LogP contribution in [0.3, 0.4) is 0 Å². The highest BCUT2D eigenvalue weighted by molar-refractivity contribution is 7.87. The molecule has 1 aromatic carbocycles. The number of nitrogens with zero attached hydrogens (tertiary/aromatic N) is 1. The number of esters is 1. The number of methoxy groups -OCH3 is 1. The van der Waals surface area contributed by atoms with E-state index in [1.807, 2.05) is 18.2 Å². The Balaban J connectivity index is 1.55. The minimum absolute atomic E-state index is 0.268. The van der Waals surface area contributed by atoms with Gasteiger partial charge in [-0.15, -0.1) is 0 Å². The molecule has 1 aliphatic carbocycles. The standard InChI is InChI=1S/C32H43NO5S/c1-5-27(25-26(3)28-12-8-7-9-13-28)11-10-23-38-29-14-16-30(17-15-29)39(35)32(31(34)37-6-2)18-20-33(21-19-32)22-24-36-4/h5,7-8,12,14-17,25H,1,3,6,9-11,13,18-24H2,2,4H3/b27-25+. The zero-order valence-corrected chi connectivity index (χ0v) is 24.3. The van der Waals surface area contributed by atoms with E-state index < -0.39 is 15.5 Å². The first-order valence-electron chi connectivity index (χ1n) is 13.8. The number of carbonyl (C=O) groups is 1. The third kappa shape index (κ3) is 8.62. The molecule has 1 aromatic rings. The highest BCUT2D eigenvalue weighted by Gasteiger charge is 2.48. The number of likely N-dealkylation sites (tertiary alicyclic amines) is 1. The van der Waals surface area contributed by atoms with Crippen molar-refractivity contribution in [3.05, 3.63) is 84.5 Å². The maximum absolute atomic E-state index is 13.7. The maximum atomic E-state index is 13.7. The number of carbonyl (C=O) groups excluding carboxylic acids is 1. The Morgan fingerprint density at radius 2 is 1.92 bits per heavy atom. The van der Waals surface area contributed by atoms with Crippen LogP contribution in [-0.2, 0) is 25.1 Å². The number of hydrogen-bond acceptors (Lipinski definition) is 6. The molecule has 0 aromatic heterocycles. The highest BCUT2D eigenvalue weighted by Crippen LogP contribution is 2.34. The van der Waals surface area contributed by atoms with Gasteiger partial charge in [0.2, 0.25) is 0 Å². The third-order valence-electron chi connectivity index (χ3n) is 7.24. The molecular formula is C32H43NO5S. The number of hydrogen-bond donors (Lipinski definition) is 0. The Bertz CT molecular complexity index is 1090. The molecule has 3 rings (SSSR count). The quantitative estimate of drug-likeness (QED) is 0.152. The van der Waals surface area contributed by atoms with Gasteiger partial charge in [0.25, 0.3) is 0 Å². The van der Waals surface area contributed by atoms with E-state index in [-0.39, 0.29) is 12.6 Å². The Kier molecular flexibility index (Phi) is 12.4. The van der Waals surface area contributed by atoms with Crippen LogP contribution in [0.15, 0.2) is 89.4 Å². The molecule has 1 heterocycles. The molecule has 1 atom stereocenters. The van der Waals surface area contributed by atoms with E-state index in [1.165, 1.54) is 5.57 Å². The van der Waals surface area contributed by atoms with Crippen LogP contribution < -0.4 is 4.74 Å². The van der Waals surface area contributed by atoms with Gasteiger partial charge >= 0.3 is 5.97 Å². The fourth-order valence-electron chi connectivity index (χ4n) is 4.86. The lowest BCUT2D eigenvalue weighted by Gasteiger charge is -2.39. The molecule has 39 heavy (non-hydrogen) atoms. The lowest BCUT2D eigenvalue weighted by atomic mass is 9.95. The van der Waals surface area contributed by atoms with Crippen molar-refractivity contribution >= 4 is 16.8 Å². The first-order chi connectivity index (χ1) is 18.9. The van der Waals surface area contributed by atoms with Crippen LogP contribution in [0, 0.1) is 0 Å². The first kappa shape index (κ1) is 30.8. The number of benzene rings is 1. The molecule has 0 spiro atoms. The maximum Gasteiger partial charge on any atom is 0.325 e. The molecule has 1 aliphatic heterocycles. The van der Waals surface area contributed by atoms with Gasteiger partial charge in [0.15, 0.2) is 0 Å². The second kappa shape index (κ2) is 15.8. The minimum atomic E-state index is -1.54. The summed E-state index contributed by atoms with van der Waals surface area (Å²) in [4.78, 5) is 15.9. The molecule has 1 fully saturated rings. The van der Waals surface area contributed by atoms with Gasteiger partial charge in [-0.25, -0.2) is 0 Å². The van der Waals surface area contributed by atoms with Crippen molar-refractivity contribution in [3.8, 4) is 5.75 Å². The van der Waals surface area contributed by atoms with Crippen molar-refractivity contribution in [2.75, 3.05) is 46.6 Å². The summed E-state index contributed by atoms with van der Waals surface area (Å²) in [5.41, 5.74) is 3.45. The van der Waals surface area contributed by atoms with Crippen LogP contribution in [0.25, 0.3) is 0 Å². The third-order valence-corrected chi connectivity index (χ3v) is 9.23. The molecule has 2 aliphatic rings. The van der Waals surface area contributed by atoms with E-state index in [2.05, 4.69) is 42.4 Å². The molecule has 6 nitrogen and oxygen atoms in total. The molecule has 0 radical (unpaired) electrons. The van der Waals surface area contributed by atoms with E-state index in [9.17, 15) is 9.00 Å². The van der Waals surface area contributed by atoms with Gasteiger partial charge in [-0.1, -0.05) is 43.5 Å². The van der Waals surface area contributed by atoms with E-state index in [0.717, 1.165) is 43.4 Å². The zero-order chi connectivity index (χ0) is 28.1. The molecule has 0 amide bonds. The Labute approximate surface area is 236 Å². The average Bonchev–Trinajstić information content (AvgIpc) is 2.98. The predicted octanol–water partition coefficient (Wildman–Crippen LogP) is 5.94. The Morgan fingerprint density at radius 3 is 2.54 bits per heavy atom. The lowest BCUT2D eigenvalue weighted by Crippen LogP contribution is -2.53. The molecule has 0 saturated carbocycles. The van der Waals surface area contributed by atoms with Gasteiger partial charge in [0.1, 0.15) is 10.5 Å². The van der Waals surface area contributed by atoms with Crippen molar-refractivity contribution in [2.45, 2.75) is 55.1 Å². The normalized spacial score (nSPS) is 18.2. The molecule has 0 bridgehead atoms. The van der Waals surface area contributed by atoms with Gasteiger partial charge in [-0.2, -0.15) is 0 Å². The molecular weight excluding hydrogens is 510 g/mol. The molecule has 1 unspecified atom stereocenters. The second-order valence-corrected chi connectivity index (χ2v) is 11.6. The summed E-state index contributed by atoms with van der Waals surface area (Å²) in [5, 5.41) is 0. The monoisotopic (exact) mass is 553 g/mol. The second-order valence-electron chi connectivity index (χ2n) is 9.85. The van der Waals surface area contributed by atoms with E-state index >= 15 is 0 Å². The van der Waals surface area contributed by atoms with Crippen LogP contribution in [0.1, 0.15) is 45.4 Å². The van der Waals surface area contributed by atoms with Crippen molar-refractivity contribution < 1.29 is 23.2 Å². The van der Waals surface area contributed by atoms with Crippen LogP contribution >= 0.6 is 0 Å². The van der Waals surface area contributed by atoms with Crippen LogP contribution in [0.4, 0.5) is 0 Å². The van der Waals surface area contributed by atoms with Gasteiger partial charge in [0.05, 0.1) is 30.6 Å². The molecule has 0 N–H and O–H groups in total. The summed E-state index contributed by atoms with van der Waals surface area (Å²) < 4.78 is 29.2. The summed E-state index contributed by atoms with van der Waals surface area (Å²) >= 11 is 0. The van der Waals surface area contributed by atoms with E-state index in [0.29, 0.717) is 49.8 Å². The topological polar surface area (TPSA) is 65.1 Å². The minimum Gasteiger partial charge on any atom is -0.494 e. The Hall–Kier alpha value is -2.74. The molecule has 212 valence electrons. The predicted molar refractivity (Wildman–Crippen MR) is 158 cm³/mol. The fourth-order valence-corrected chi connectivity index (χ4v) is 6.46. The van der Waals surface area contributed by atoms with Gasteiger partial charge in [-0.3, -0.25) is 9.00 Å². The number of ether oxygens (including phenoxy) is 3. The van der Waals surface area contributed by atoms with Gasteiger partial charge in [0, 0.05) is 31.6 Å².